The number of para-hydroxylation sites is 1. The Morgan fingerprint density at radius 2 is 1.45 bits per heavy atom. The predicted octanol–water partition coefficient (Wildman–Crippen LogP) is 5.86. The Morgan fingerprint density at radius 3 is 2.24 bits per heavy atom. The largest absolute Gasteiger partial charge is 0.347 e. The van der Waals surface area contributed by atoms with Crippen LogP contribution >= 0.6 is 0 Å². The molecular weight excluding hydrogens is 408 g/mol. The molecule has 0 saturated carbocycles. The van der Waals surface area contributed by atoms with Gasteiger partial charge >= 0.3 is 0 Å². The van der Waals surface area contributed by atoms with Gasteiger partial charge in [-0.2, -0.15) is 0 Å². The molecule has 4 aliphatic rings. The van der Waals surface area contributed by atoms with E-state index in [2.05, 4.69) is 66.4 Å². The molecule has 0 N–H and O–H groups in total. The summed E-state index contributed by atoms with van der Waals surface area (Å²) >= 11 is 0. The molecule has 4 aliphatic heterocycles. The van der Waals surface area contributed by atoms with Crippen molar-refractivity contribution < 1.29 is 4.79 Å². The van der Waals surface area contributed by atoms with Crippen LogP contribution in [0.2, 0.25) is 0 Å². The number of Topliss-reactive ketones (excluding diaryl/α,β-unsaturated/α-hetero) is 1. The molecule has 0 aromatic heterocycles. The molecule has 0 aliphatic carbocycles. The molecule has 5 nitrogen and oxygen atoms in total. The Balaban J connectivity index is 0.000000139. The second kappa shape index (κ2) is 7.41. The van der Waals surface area contributed by atoms with Gasteiger partial charge in [0.25, 0.3) is 0 Å². The van der Waals surface area contributed by atoms with E-state index in [1.807, 2.05) is 32.0 Å². The van der Waals surface area contributed by atoms with Gasteiger partial charge in [-0.05, 0) is 63.5 Å². The van der Waals surface area contributed by atoms with E-state index in [0.717, 1.165) is 36.7 Å². The van der Waals surface area contributed by atoms with Crippen LogP contribution in [0, 0.1) is 6.92 Å². The molecule has 0 bridgehead atoms. The summed E-state index contributed by atoms with van der Waals surface area (Å²) in [6.07, 6.45) is 1.39. The zero-order chi connectivity index (χ0) is 23.5. The van der Waals surface area contributed by atoms with Crippen molar-refractivity contribution in [3.63, 3.8) is 0 Å². The highest BCUT2D eigenvalue weighted by Gasteiger charge is 2.45. The second-order valence-electron chi connectivity index (χ2n) is 10.4. The highest BCUT2D eigenvalue weighted by atomic mass is 16.1. The monoisotopic (exact) mass is 440 g/mol. The summed E-state index contributed by atoms with van der Waals surface area (Å²) in [5.41, 5.74) is 6.87. The Morgan fingerprint density at radius 1 is 0.818 bits per heavy atom. The van der Waals surface area contributed by atoms with Crippen LogP contribution in [0.3, 0.4) is 0 Å². The minimum absolute atomic E-state index is 0.0480. The van der Waals surface area contributed by atoms with Crippen molar-refractivity contribution in [1.82, 2.24) is 9.80 Å². The van der Waals surface area contributed by atoms with Crippen LogP contribution in [0.5, 0.6) is 0 Å². The Hall–Kier alpha value is -3.21. The predicted molar refractivity (Wildman–Crippen MR) is 134 cm³/mol. The molecular formula is C28H32N4O. The van der Waals surface area contributed by atoms with E-state index in [1.54, 1.807) is 0 Å². The lowest BCUT2D eigenvalue weighted by molar-refractivity contribution is -0.123. The molecule has 33 heavy (non-hydrogen) atoms. The average Bonchev–Trinajstić information content (AvgIpc) is 3.13. The topological polar surface area (TPSA) is 48.3 Å². The first-order chi connectivity index (χ1) is 15.6. The van der Waals surface area contributed by atoms with Gasteiger partial charge in [0, 0.05) is 25.1 Å². The van der Waals surface area contributed by atoms with Crippen LogP contribution < -0.4 is 0 Å². The maximum atomic E-state index is 12.0. The van der Waals surface area contributed by atoms with Crippen LogP contribution in [0.25, 0.3) is 0 Å². The number of carbonyl (C=O) groups is 1. The average molecular weight is 441 g/mol. The van der Waals surface area contributed by atoms with Crippen LogP contribution in [0.15, 0.2) is 64.6 Å². The Bertz CT molecular complexity index is 1230. The molecule has 0 unspecified atom stereocenters. The number of rotatable bonds is 0. The quantitative estimate of drug-likeness (QED) is 0.482. The molecule has 2 aromatic carbocycles. The standard InChI is InChI=1S/C14H16N2O.C14H16N2/c1-9-5-4-6-11-10(9)8-16-13(15-11)7-12(17)14(16,2)3;1-10-8-13-15-12-7-5-4-6-11(12)9-16(13)14(10,2)3/h4-6H,7-8H2,1-3H3;4-7H,1,8-9H2,2-3H3. The summed E-state index contributed by atoms with van der Waals surface area (Å²) in [6, 6.07) is 14.5. The number of hydrogen-bond acceptors (Lipinski definition) is 5. The van der Waals surface area contributed by atoms with E-state index < -0.39 is 5.54 Å². The first-order valence-corrected chi connectivity index (χ1v) is 11.7. The van der Waals surface area contributed by atoms with Crippen LogP contribution in [-0.4, -0.2) is 38.3 Å². The van der Waals surface area contributed by atoms with Crippen molar-refractivity contribution in [3.8, 4) is 0 Å². The molecule has 2 aromatic rings. The van der Waals surface area contributed by atoms with Crippen molar-refractivity contribution in [3.05, 3.63) is 71.3 Å². The molecule has 6 rings (SSSR count). The zero-order valence-electron chi connectivity index (χ0n) is 20.3. The van der Waals surface area contributed by atoms with Crippen molar-refractivity contribution in [2.24, 2.45) is 9.98 Å². The van der Waals surface area contributed by atoms with Gasteiger partial charge in [0.1, 0.15) is 11.7 Å². The lowest BCUT2D eigenvalue weighted by atomic mass is 9.96. The first-order valence-electron chi connectivity index (χ1n) is 11.7. The van der Waals surface area contributed by atoms with Gasteiger partial charge in [0.2, 0.25) is 0 Å². The van der Waals surface area contributed by atoms with Gasteiger partial charge in [-0.25, -0.2) is 9.98 Å². The third kappa shape index (κ3) is 3.41. The number of aliphatic imine (C=N–C) groups is 2. The molecule has 0 atom stereocenters. The molecule has 0 amide bonds. The van der Waals surface area contributed by atoms with Crippen molar-refractivity contribution in [2.75, 3.05) is 0 Å². The normalized spacial score (nSPS) is 21.2. The molecule has 0 spiro atoms. The van der Waals surface area contributed by atoms with Crippen molar-refractivity contribution in [2.45, 2.75) is 71.6 Å². The van der Waals surface area contributed by atoms with Crippen molar-refractivity contribution >= 4 is 28.8 Å². The second-order valence-corrected chi connectivity index (χ2v) is 10.4. The minimum Gasteiger partial charge on any atom is -0.347 e. The summed E-state index contributed by atoms with van der Waals surface area (Å²) in [6.45, 7) is 16.5. The van der Waals surface area contributed by atoms with Gasteiger partial charge in [0.05, 0.1) is 28.9 Å². The van der Waals surface area contributed by atoms with Gasteiger partial charge in [-0.15, -0.1) is 0 Å². The molecule has 170 valence electrons. The van der Waals surface area contributed by atoms with E-state index in [9.17, 15) is 4.79 Å². The van der Waals surface area contributed by atoms with Gasteiger partial charge in [0.15, 0.2) is 5.78 Å². The Labute approximate surface area is 196 Å². The number of benzene rings is 2. The van der Waals surface area contributed by atoms with Gasteiger partial charge < -0.3 is 9.80 Å². The van der Waals surface area contributed by atoms with Crippen LogP contribution in [0.1, 0.15) is 57.2 Å². The van der Waals surface area contributed by atoms with E-state index >= 15 is 0 Å². The van der Waals surface area contributed by atoms with E-state index in [0.29, 0.717) is 6.42 Å². The van der Waals surface area contributed by atoms with E-state index in [1.165, 1.54) is 28.1 Å². The number of carbonyl (C=O) groups excluding carboxylic acids is 1. The lowest BCUT2D eigenvalue weighted by Crippen LogP contribution is -2.44. The van der Waals surface area contributed by atoms with E-state index in [-0.39, 0.29) is 11.3 Å². The summed E-state index contributed by atoms with van der Waals surface area (Å²) in [5, 5.41) is 0. The SMILES string of the molecule is C=C1CC2=Nc3ccccc3CN2C1(C)C.Cc1cccc2c1CN1C(=N2)CC(=O)C1(C)C. The maximum absolute atomic E-state index is 12.0. The minimum atomic E-state index is -0.404. The number of amidine groups is 2. The number of hydrogen-bond donors (Lipinski definition) is 0. The molecule has 5 heteroatoms. The number of fused-ring (bicyclic) bond motifs is 4. The fourth-order valence-corrected chi connectivity index (χ4v) is 5.08. The number of ketones is 1. The molecule has 0 radical (unpaired) electrons. The van der Waals surface area contributed by atoms with Crippen molar-refractivity contribution in [1.29, 1.82) is 0 Å². The highest BCUT2D eigenvalue weighted by molar-refractivity contribution is 6.13. The summed E-state index contributed by atoms with van der Waals surface area (Å²) in [5.74, 6) is 2.37. The van der Waals surface area contributed by atoms with Gasteiger partial charge in [-0.3, -0.25) is 4.79 Å². The van der Waals surface area contributed by atoms with E-state index in [4.69, 9.17) is 4.99 Å². The number of nitrogens with zero attached hydrogens (tertiary/aromatic N) is 4. The fraction of sp³-hybridized carbons (Fsp3) is 0.393. The lowest BCUT2D eigenvalue weighted by Gasteiger charge is -2.36. The Kier molecular flexibility index (Phi) is 4.85. The molecule has 2 saturated heterocycles. The summed E-state index contributed by atoms with van der Waals surface area (Å²) in [7, 11) is 0. The third-order valence-electron chi connectivity index (χ3n) is 7.73. The number of aryl methyl sites for hydroxylation is 1. The third-order valence-corrected chi connectivity index (χ3v) is 7.73. The summed E-state index contributed by atoms with van der Waals surface area (Å²) in [4.78, 5) is 25.9. The highest BCUT2D eigenvalue weighted by Crippen LogP contribution is 2.41. The smallest absolute Gasteiger partial charge is 0.165 e. The first kappa shape index (κ1) is 21.6. The zero-order valence-corrected chi connectivity index (χ0v) is 20.3. The summed E-state index contributed by atoms with van der Waals surface area (Å²) < 4.78 is 0. The fourth-order valence-electron chi connectivity index (χ4n) is 5.08. The molecule has 2 fully saturated rings. The maximum Gasteiger partial charge on any atom is 0.165 e. The molecule has 4 heterocycles. The van der Waals surface area contributed by atoms with Gasteiger partial charge in [-0.1, -0.05) is 36.9 Å². The van der Waals surface area contributed by atoms with Crippen LogP contribution in [0.4, 0.5) is 11.4 Å². The van der Waals surface area contributed by atoms with Crippen LogP contribution in [-0.2, 0) is 17.9 Å².